The standard InChI is InChI=1S/C22H24N2/c1-22(2,3)17-9-11-19(12-10-17)24-21-15-13-20(14-16-21)23-18-7-5-4-6-8-18/h4-16,23-24H,1-3H3. The maximum Gasteiger partial charge on any atom is 0.0385 e. The zero-order valence-corrected chi connectivity index (χ0v) is 14.5. The van der Waals surface area contributed by atoms with Gasteiger partial charge in [-0.15, -0.1) is 0 Å². The Hall–Kier alpha value is -2.74. The molecule has 0 bridgehead atoms. The van der Waals surface area contributed by atoms with E-state index in [1.54, 1.807) is 0 Å². The summed E-state index contributed by atoms with van der Waals surface area (Å²) in [6, 6.07) is 27.2. The van der Waals surface area contributed by atoms with E-state index in [4.69, 9.17) is 0 Å². The van der Waals surface area contributed by atoms with Crippen LogP contribution >= 0.6 is 0 Å². The van der Waals surface area contributed by atoms with E-state index < -0.39 is 0 Å². The van der Waals surface area contributed by atoms with Gasteiger partial charge in [0.05, 0.1) is 0 Å². The number of rotatable bonds is 4. The van der Waals surface area contributed by atoms with Crippen LogP contribution in [0.1, 0.15) is 26.3 Å². The first-order chi connectivity index (χ1) is 11.5. The number of hydrogen-bond acceptors (Lipinski definition) is 2. The van der Waals surface area contributed by atoms with Crippen molar-refractivity contribution in [3.8, 4) is 0 Å². The van der Waals surface area contributed by atoms with Gasteiger partial charge in [0.1, 0.15) is 0 Å². The second kappa shape index (κ2) is 6.79. The predicted octanol–water partition coefficient (Wildman–Crippen LogP) is 6.47. The second-order valence-corrected chi connectivity index (χ2v) is 7.02. The van der Waals surface area contributed by atoms with E-state index in [9.17, 15) is 0 Å². The van der Waals surface area contributed by atoms with Crippen molar-refractivity contribution in [3.63, 3.8) is 0 Å². The fourth-order valence-corrected chi connectivity index (χ4v) is 2.55. The zero-order chi connectivity index (χ0) is 17.0. The molecule has 0 spiro atoms. The van der Waals surface area contributed by atoms with E-state index >= 15 is 0 Å². The third-order valence-electron chi connectivity index (χ3n) is 3.99. The van der Waals surface area contributed by atoms with Crippen molar-refractivity contribution in [1.29, 1.82) is 0 Å². The maximum atomic E-state index is 3.45. The van der Waals surface area contributed by atoms with Crippen LogP contribution in [0.5, 0.6) is 0 Å². The van der Waals surface area contributed by atoms with Crippen LogP contribution in [0, 0.1) is 0 Å². The minimum absolute atomic E-state index is 0.184. The molecular weight excluding hydrogens is 292 g/mol. The lowest BCUT2D eigenvalue weighted by Crippen LogP contribution is -2.10. The van der Waals surface area contributed by atoms with Crippen molar-refractivity contribution < 1.29 is 0 Å². The average molecular weight is 316 g/mol. The first-order valence-corrected chi connectivity index (χ1v) is 8.30. The Bertz CT molecular complexity index is 767. The van der Waals surface area contributed by atoms with Gasteiger partial charge in [-0.2, -0.15) is 0 Å². The highest BCUT2D eigenvalue weighted by Gasteiger charge is 2.12. The Morgan fingerprint density at radius 1 is 0.500 bits per heavy atom. The third kappa shape index (κ3) is 4.17. The van der Waals surface area contributed by atoms with Crippen molar-refractivity contribution in [2.75, 3.05) is 10.6 Å². The molecule has 0 aliphatic heterocycles. The molecule has 0 atom stereocenters. The number of hydrogen-bond donors (Lipinski definition) is 2. The van der Waals surface area contributed by atoms with E-state index in [0.717, 1.165) is 22.7 Å². The van der Waals surface area contributed by atoms with E-state index in [-0.39, 0.29) is 5.41 Å². The smallest absolute Gasteiger partial charge is 0.0385 e. The molecule has 0 aliphatic carbocycles. The molecule has 0 amide bonds. The molecule has 122 valence electrons. The van der Waals surface area contributed by atoms with Crippen LogP contribution in [0.25, 0.3) is 0 Å². The monoisotopic (exact) mass is 316 g/mol. The summed E-state index contributed by atoms with van der Waals surface area (Å²) in [5, 5.41) is 6.84. The van der Waals surface area contributed by atoms with Crippen molar-refractivity contribution in [1.82, 2.24) is 0 Å². The summed E-state index contributed by atoms with van der Waals surface area (Å²) in [6.07, 6.45) is 0. The Morgan fingerprint density at radius 2 is 0.875 bits per heavy atom. The molecule has 3 aromatic carbocycles. The molecule has 2 heteroatoms. The summed E-state index contributed by atoms with van der Waals surface area (Å²) >= 11 is 0. The second-order valence-electron chi connectivity index (χ2n) is 7.02. The molecule has 0 fully saturated rings. The van der Waals surface area contributed by atoms with Gasteiger partial charge in [-0.25, -0.2) is 0 Å². The fraction of sp³-hybridized carbons (Fsp3) is 0.182. The first-order valence-electron chi connectivity index (χ1n) is 8.30. The molecule has 0 aliphatic rings. The van der Waals surface area contributed by atoms with Gasteiger partial charge in [-0.1, -0.05) is 51.1 Å². The normalized spacial score (nSPS) is 11.1. The minimum Gasteiger partial charge on any atom is -0.356 e. The number of nitrogens with one attached hydrogen (secondary N) is 2. The lowest BCUT2D eigenvalue weighted by Gasteiger charge is -2.19. The first kappa shape index (κ1) is 16.1. The Morgan fingerprint density at radius 3 is 1.29 bits per heavy atom. The molecule has 3 rings (SSSR count). The largest absolute Gasteiger partial charge is 0.356 e. The molecule has 24 heavy (non-hydrogen) atoms. The Labute approximate surface area is 144 Å². The third-order valence-corrected chi connectivity index (χ3v) is 3.99. The number of anilines is 4. The van der Waals surface area contributed by atoms with Crippen LogP contribution < -0.4 is 10.6 Å². The van der Waals surface area contributed by atoms with E-state index in [2.05, 4.69) is 92.1 Å². The van der Waals surface area contributed by atoms with Gasteiger partial charge >= 0.3 is 0 Å². The van der Waals surface area contributed by atoms with Crippen LogP contribution in [-0.2, 0) is 5.41 Å². The van der Waals surface area contributed by atoms with Crippen LogP contribution in [0.3, 0.4) is 0 Å². The molecule has 0 aromatic heterocycles. The maximum absolute atomic E-state index is 3.45. The lowest BCUT2D eigenvalue weighted by atomic mass is 9.87. The van der Waals surface area contributed by atoms with Crippen molar-refractivity contribution >= 4 is 22.7 Å². The molecule has 0 unspecified atom stereocenters. The molecule has 0 radical (unpaired) electrons. The highest BCUT2D eigenvalue weighted by atomic mass is 14.9. The van der Waals surface area contributed by atoms with Crippen molar-refractivity contribution in [2.45, 2.75) is 26.2 Å². The van der Waals surface area contributed by atoms with Gasteiger partial charge in [0.2, 0.25) is 0 Å². The minimum atomic E-state index is 0.184. The van der Waals surface area contributed by atoms with E-state index in [0.29, 0.717) is 0 Å². The van der Waals surface area contributed by atoms with E-state index in [1.165, 1.54) is 5.56 Å². The average Bonchev–Trinajstić information content (AvgIpc) is 2.57. The lowest BCUT2D eigenvalue weighted by molar-refractivity contribution is 0.590. The highest BCUT2D eigenvalue weighted by molar-refractivity contribution is 5.66. The summed E-state index contributed by atoms with van der Waals surface area (Å²) < 4.78 is 0. The van der Waals surface area contributed by atoms with Crippen LogP contribution in [0.2, 0.25) is 0 Å². The van der Waals surface area contributed by atoms with E-state index in [1.807, 2.05) is 18.2 Å². The zero-order valence-electron chi connectivity index (χ0n) is 14.5. The molecule has 3 aromatic rings. The van der Waals surface area contributed by atoms with Crippen LogP contribution in [0.15, 0.2) is 78.9 Å². The Balaban J connectivity index is 1.66. The van der Waals surface area contributed by atoms with Gasteiger partial charge in [0.15, 0.2) is 0 Å². The Kier molecular flexibility index (Phi) is 4.57. The van der Waals surface area contributed by atoms with Gasteiger partial charge in [-0.05, 0) is 59.5 Å². The number of para-hydroxylation sites is 1. The fourth-order valence-electron chi connectivity index (χ4n) is 2.55. The van der Waals surface area contributed by atoms with Crippen LogP contribution in [-0.4, -0.2) is 0 Å². The molecule has 2 nitrogen and oxygen atoms in total. The molecule has 2 N–H and O–H groups in total. The summed E-state index contributed by atoms with van der Waals surface area (Å²) in [7, 11) is 0. The van der Waals surface area contributed by atoms with Gasteiger partial charge < -0.3 is 10.6 Å². The summed E-state index contributed by atoms with van der Waals surface area (Å²) in [6.45, 7) is 6.69. The molecular formula is C22H24N2. The van der Waals surface area contributed by atoms with Gasteiger partial charge in [0.25, 0.3) is 0 Å². The predicted molar refractivity (Wildman–Crippen MR) is 105 cm³/mol. The van der Waals surface area contributed by atoms with Gasteiger partial charge in [-0.3, -0.25) is 0 Å². The van der Waals surface area contributed by atoms with Crippen LogP contribution in [0.4, 0.5) is 22.7 Å². The topological polar surface area (TPSA) is 24.1 Å². The number of benzene rings is 3. The highest BCUT2D eigenvalue weighted by Crippen LogP contribution is 2.25. The quantitative estimate of drug-likeness (QED) is 0.576. The molecule has 0 heterocycles. The molecule has 0 saturated heterocycles. The van der Waals surface area contributed by atoms with Gasteiger partial charge in [0, 0.05) is 22.7 Å². The van der Waals surface area contributed by atoms with Crippen molar-refractivity contribution in [3.05, 3.63) is 84.4 Å². The van der Waals surface area contributed by atoms with Crippen molar-refractivity contribution in [2.24, 2.45) is 0 Å². The molecule has 0 saturated carbocycles. The summed E-state index contributed by atoms with van der Waals surface area (Å²) in [4.78, 5) is 0. The SMILES string of the molecule is CC(C)(C)c1ccc(Nc2ccc(Nc3ccccc3)cc2)cc1. The summed E-state index contributed by atoms with van der Waals surface area (Å²) in [5.41, 5.74) is 5.88. The summed E-state index contributed by atoms with van der Waals surface area (Å²) in [5.74, 6) is 0.